The van der Waals surface area contributed by atoms with Crippen molar-refractivity contribution >= 4 is 32.4 Å². The molecule has 0 radical (unpaired) electrons. The first-order valence-electron chi connectivity index (χ1n) is 10.9. The summed E-state index contributed by atoms with van der Waals surface area (Å²) >= 11 is 1.50. The quantitative estimate of drug-likeness (QED) is 0.549. The van der Waals surface area contributed by atoms with Crippen molar-refractivity contribution in [3.8, 4) is 0 Å². The molecule has 3 aromatic rings. The first-order chi connectivity index (χ1) is 15.7. The van der Waals surface area contributed by atoms with E-state index in [1.165, 1.54) is 44.8 Å². The number of nitrogens with one attached hydrogen (secondary N) is 1. The van der Waals surface area contributed by atoms with Gasteiger partial charge in [0, 0.05) is 49.6 Å². The average Bonchev–Trinajstić information content (AvgIpc) is 3.21. The van der Waals surface area contributed by atoms with Gasteiger partial charge in [0.1, 0.15) is 0 Å². The molecule has 1 aliphatic heterocycles. The summed E-state index contributed by atoms with van der Waals surface area (Å²) in [6.45, 7) is 6.45. The van der Waals surface area contributed by atoms with Crippen molar-refractivity contribution in [1.29, 1.82) is 0 Å². The second-order valence-electron chi connectivity index (χ2n) is 8.43. The molecule has 2 heterocycles. The Labute approximate surface area is 199 Å². The van der Waals surface area contributed by atoms with Crippen LogP contribution in [0.3, 0.4) is 0 Å². The highest BCUT2D eigenvalue weighted by Gasteiger charge is 2.24. The van der Waals surface area contributed by atoms with Crippen molar-refractivity contribution in [2.45, 2.75) is 44.3 Å². The number of carbonyl (C=O) groups is 1. The number of nitrogens with zero attached hydrogens (tertiary/aromatic N) is 3. The standard InChI is InChI=1S/C24H28N4O3S2/c1-17(2)28-14-13-21-22(16-28)32-24(25-21)26-23(29)19-9-11-20(12-10-19)33(30,31)27(3)15-18-7-5-4-6-8-18/h4-12,17H,13-16H2,1-3H3,(H,25,26,29). The molecule has 4 rings (SSSR count). The number of benzene rings is 2. The Morgan fingerprint density at radius 2 is 1.85 bits per heavy atom. The maximum Gasteiger partial charge on any atom is 0.257 e. The number of anilines is 1. The Morgan fingerprint density at radius 1 is 1.15 bits per heavy atom. The van der Waals surface area contributed by atoms with Crippen LogP contribution in [0.25, 0.3) is 0 Å². The summed E-state index contributed by atoms with van der Waals surface area (Å²) < 4.78 is 27.1. The van der Waals surface area contributed by atoms with Crippen LogP contribution >= 0.6 is 11.3 Å². The van der Waals surface area contributed by atoms with Gasteiger partial charge in [-0.3, -0.25) is 15.0 Å². The molecule has 0 fully saturated rings. The lowest BCUT2D eigenvalue weighted by Crippen LogP contribution is -2.35. The number of rotatable bonds is 7. The minimum Gasteiger partial charge on any atom is -0.298 e. The summed E-state index contributed by atoms with van der Waals surface area (Å²) in [6, 6.07) is 15.9. The zero-order chi connectivity index (χ0) is 23.6. The number of amides is 1. The van der Waals surface area contributed by atoms with Crippen LogP contribution < -0.4 is 5.32 Å². The molecule has 2 aromatic carbocycles. The Hall–Kier alpha value is -2.59. The summed E-state index contributed by atoms with van der Waals surface area (Å²) in [7, 11) is -2.12. The second-order valence-corrected chi connectivity index (χ2v) is 11.6. The van der Waals surface area contributed by atoms with Crippen molar-refractivity contribution < 1.29 is 13.2 Å². The van der Waals surface area contributed by atoms with Crippen LogP contribution in [0, 0.1) is 0 Å². The minimum absolute atomic E-state index is 0.149. The van der Waals surface area contributed by atoms with Crippen LogP contribution in [-0.2, 0) is 29.5 Å². The fraction of sp³-hybridized carbons (Fsp3) is 0.333. The van der Waals surface area contributed by atoms with Crippen molar-refractivity contribution in [2.24, 2.45) is 0 Å². The van der Waals surface area contributed by atoms with Crippen LogP contribution in [0.5, 0.6) is 0 Å². The maximum atomic E-state index is 12.9. The third kappa shape index (κ3) is 5.33. The Bertz CT molecular complexity index is 1220. The summed E-state index contributed by atoms with van der Waals surface area (Å²) in [5, 5.41) is 3.44. The molecule has 1 aliphatic rings. The number of carbonyl (C=O) groups excluding carboxylic acids is 1. The number of thiazole rings is 1. The first kappa shape index (κ1) is 23.6. The van der Waals surface area contributed by atoms with Gasteiger partial charge in [-0.05, 0) is 43.7 Å². The van der Waals surface area contributed by atoms with Crippen molar-refractivity contribution in [3.63, 3.8) is 0 Å². The zero-order valence-electron chi connectivity index (χ0n) is 19.0. The third-order valence-electron chi connectivity index (χ3n) is 5.78. The van der Waals surface area contributed by atoms with Crippen molar-refractivity contribution in [1.82, 2.24) is 14.2 Å². The summed E-state index contributed by atoms with van der Waals surface area (Å²) in [5.74, 6) is -0.302. The maximum absolute atomic E-state index is 12.9. The molecule has 0 saturated carbocycles. The van der Waals surface area contributed by atoms with Gasteiger partial charge in [-0.25, -0.2) is 13.4 Å². The third-order valence-corrected chi connectivity index (χ3v) is 8.60. The lowest BCUT2D eigenvalue weighted by atomic mass is 10.1. The van der Waals surface area contributed by atoms with Gasteiger partial charge < -0.3 is 0 Å². The predicted octanol–water partition coefficient (Wildman–Crippen LogP) is 3.98. The first-order valence-corrected chi connectivity index (χ1v) is 13.1. The summed E-state index contributed by atoms with van der Waals surface area (Å²) in [5.41, 5.74) is 2.34. The Kier molecular flexibility index (Phi) is 6.94. The van der Waals surface area contributed by atoms with Crippen LogP contribution in [0.15, 0.2) is 59.5 Å². The molecule has 33 heavy (non-hydrogen) atoms. The van der Waals surface area contributed by atoms with E-state index in [1.54, 1.807) is 7.05 Å². The number of fused-ring (bicyclic) bond motifs is 1. The minimum atomic E-state index is -3.67. The lowest BCUT2D eigenvalue weighted by Gasteiger charge is -2.29. The number of sulfonamides is 1. The topological polar surface area (TPSA) is 82.6 Å². The zero-order valence-corrected chi connectivity index (χ0v) is 20.6. The predicted molar refractivity (Wildman–Crippen MR) is 131 cm³/mol. The molecule has 174 valence electrons. The molecule has 0 saturated heterocycles. The average molecular weight is 485 g/mol. The number of hydrogen-bond acceptors (Lipinski definition) is 6. The molecule has 1 N–H and O–H groups in total. The molecule has 7 nitrogen and oxygen atoms in total. The van der Waals surface area contributed by atoms with E-state index in [9.17, 15) is 13.2 Å². The normalized spacial score (nSPS) is 14.5. The van der Waals surface area contributed by atoms with Gasteiger partial charge >= 0.3 is 0 Å². The van der Waals surface area contributed by atoms with Gasteiger partial charge in [-0.15, -0.1) is 11.3 Å². The van der Waals surface area contributed by atoms with Crippen LogP contribution in [0.2, 0.25) is 0 Å². The van der Waals surface area contributed by atoms with E-state index in [1.807, 2.05) is 30.3 Å². The van der Waals surface area contributed by atoms with Crippen LogP contribution in [0.1, 0.15) is 40.3 Å². The fourth-order valence-corrected chi connectivity index (χ4v) is 5.95. The Morgan fingerprint density at radius 3 is 2.52 bits per heavy atom. The second kappa shape index (κ2) is 9.72. The van der Waals surface area contributed by atoms with Gasteiger partial charge in [0.2, 0.25) is 10.0 Å². The largest absolute Gasteiger partial charge is 0.298 e. The molecule has 0 bridgehead atoms. The highest BCUT2D eigenvalue weighted by atomic mass is 32.2. The Balaban J connectivity index is 1.42. The van der Waals surface area contributed by atoms with E-state index in [4.69, 9.17) is 0 Å². The SMILES string of the molecule is CC(C)N1CCc2nc(NC(=O)c3ccc(S(=O)(=O)N(C)Cc4ccccc4)cc3)sc2C1. The van der Waals surface area contributed by atoms with Crippen molar-refractivity contribution in [3.05, 3.63) is 76.3 Å². The van der Waals surface area contributed by atoms with Gasteiger partial charge in [0.25, 0.3) is 5.91 Å². The molecule has 0 atom stereocenters. The van der Waals surface area contributed by atoms with Gasteiger partial charge in [0.05, 0.1) is 10.6 Å². The number of aromatic nitrogens is 1. The molecule has 9 heteroatoms. The highest BCUT2D eigenvalue weighted by Crippen LogP contribution is 2.29. The summed E-state index contributed by atoms with van der Waals surface area (Å²) in [4.78, 5) is 21.0. The molecule has 0 aliphatic carbocycles. The van der Waals surface area contributed by atoms with E-state index in [0.717, 1.165) is 30.8 Å². The van der Waals surface area contributed by atoms with Gasteiger partial charge in [-0.1, -0.05) is 30.3 Å². The molecule has 1 aromatic heterocycles. The van der Waals surface area contributed by atoms with E-state index in [2.05, 4.69) is 29.0 Å². The van der Waals surface area contributed by atoms with Crippen LogP contribution in [-0.4, -0.2) is 48.1 Å². The van der Waals surface area contributed by atoms with E-state index in [0.29, 0.717) is 16.7 Å². The van der Waals surface area contributed by atoms with Gasteiger partial charge in [-0.2, -0.15) is 4.31 Å². The summed E-state index contributed by atoms with van der Waals surface area (Å²) in [6.07, 6.45) is 0.878. The lowest BCUT2D eigenvalue weighted by molar-refractivity contribution is 0.102. The molecular formula is C24H28N4O3S2. The highest BCUT2D eigenvalue weighted by molar-refractivity contribution is 7.89. The van der Waals surface area contributed by atoms with Crippen molar-refractivity contribution in [2.75, 3.05) is 18.9 Å². The van der Waals surface area contributed by atoms with E-state index < -0.39 is 10.0 Å². The van der Waals surface area contributed by atoms with Gasteiger partial charge in [0.15, 0.2) is 5.13 Å². The van der Waals surface area contributed by atoms with E-state index in [-0.39, 0.29) is 17.3 Å². The molecule has 0 unspecified atom stereocenters. The smallest absolute Gasteiger partial charge is 0.257 e. The molecule has 1 amide bonds. The fourth-order valence-electron chi connectivity index (χ4n) is 3.76. The van der Waals surface area contributed by atoms with Crippen LogP contribution in [0.4, 0.5) is 5.13 Å². The molecular weight excluding hydrogens is 456 g/mol. The number of hydrogen-bond donors (Lipinski definition) is 1. The molecule has 0 spiro atoms. The monoisotopic (exact) mass is 484 g/mol. The van der Waals surface area contributed by atoms with E-state index >= 15 is 0 Å².